The van der Waals surface area contributed by atoms with Crippen molar-refractivity contribution in [2.24, 2.45) is 5.41 Å². The largest absolute Gasteiger partial charge is 0.493 e. The van der Waals surface area contributed by atoms with Crippen molar-refractivity contribution >= 4 is 17.5 Å². The molecule has 2 fully saturated rings. The van der Waals surface area contributed by atoms with Crippen molar-refractivity contribution in [1.82, 2.24) is 19.7 Å². The minimum atomic E-state index is -0.219. The van der Waals surface area contributed by atoms with Crippen LogP contribution in [0.5, 0.6) is 5.75 Å². The van der Waals surface area contributed by atoms with Crippen molar-refractivity contribution in [3.8, 4) is 5.75 Å². The number of halogens is 1. The van der Waals surface area contributed by atoms with Crippen LogP contribution in [0, 0.1) is 19.3 Å². The number of aromatic nitrogens is 1. The highest BCUT2D eigenvalue weighted by molar-refractivity contribution is 6.31. The molecule has 2 aromatic rings. The van der Waals surface area contributed by atoms with Crippen LogP contribution in [-0.4, -0.2) is 78.5 Å². The van der Waals surface area contributed by atoms with Gasteiger partial charge < -0.3 is 14.5 Å². The molecule has 4 rings (SSSR count). The van der Waals surface area contributed by atoms with Gasteiger partial charge >= 0.3 is 0 Å². The molecule has 0 spiro atoms. The van der Waals surface area contributed by atoms with Crippen molar-refractivity contribution in [3.63, 3.8) is 0 Å². The second-order valence-electron chi connectivity index (χ2n) is 10.2. The molecule has 0 unspecified atom stereocenters. The fraction of sp³-hybridized carbons (Fsp3) is 0.556. The average molecular weight is 485 g/mol. The third-order valence-corrected chi connectivity index (χ3v) is 7.56. The van der Waals surface area contributed by atoms with E-state index in [1.807, 2.05) is 42.4 Å². The molecule has 0 saturated carbocycles. The standard InChI is InChI=1S/C27H37ClN4O2/c1-21-13-23(17-29-16-21)18-31-8-4-7-27(19-31,15-26(33)32-11-9-30(3)10-12-32)20-34-24-5-6-25(28)22(2)14-24/h5-6,13-14,16-17H,4,7-12,15,18-20H2,1-3H3/t27-/m1/s1. The summed E-state index contributed by atoms with van der Waals surface area (Å²) < 4.78 is 6.33. The maximum atomic E-state index is 13.4. The number of benzene rings is 1. The molecule has 0 radical (unpaired) electrons. The maximum Gasteiger partial charge on any atom is 0.223 e. The van der Waals surface area contributed by atoms with Gasteiger partial charge in [-0.3, -0.25) is 14.7 Å². The highest BCUT2D eigenvalue weighted by atomic mass is 35.5. The number of piperidine rings is 1. The Morgan fingerprint density at radius 2 is 1.91 bits per heavy atom. The van der Waals surface area contributed by atoms with E-state index in [1.54, 1.807) is 0 Å². The summed E-state index contributed by atoms with van der Waals surface area (Å²) >= 11 is 6.21. The van der Waals surface area contributed by atoms with Crippen LogP contribution in [0.25, 0.3) is 0 Å². The van der Waals surface area contributed by atoms with Crippen LogP contribution in [0.1, 0.15) is 36.0 Å². The number of nitrogens with zero attached hydrogens (tertiary/aromatic N) is 4. The minimum absolute atomic E-state index is 0.219. The smallest absolute Gasteiger partial charge is 0.223 e. The van der Waals surface area contributed by atoms with E-state index in [0.29, 0.717) is 13.0 Å². The molecule has 0 bridgehead atoms. The number of rotatable bonds is 7. The van der Waals surface area contributed by atoms with Crippen LogP contribution >= 0.6 is 11.6 Å². The molecule has 34 heavy (non-hydrogen) atoms. The number of likely N-dealkylation sites (N-methyl/N-ethyl adjacent to an activating group) is 1. The van der Waals surface area contributed by atoms with Crippen molar-refractivity contribution in [2.45, 2.75) is 39.7 Å². The average Bonchev–Trinajstić information content (AvgIpc) is 2.80. The molecule has 2 saturated heterocycles. The van der Waals surface area contributed by atoms with Gasteiger partial charge in [0.15, 0.2) is 0 Å². The van der Waals surface area contributed by atoms with Gasteiger partial charge in [-0.25, -0.2) is 0 Å². The number of ether oxygens (including phenoxy) is 1. The van der Waals surface area contributed by atoms with Crippen LogP contribution in [0.4, 0.5) is 0 Å². The van der Waals surface area contributed by atoms with Gasteiger partial charge in [0, 0.05) is 68.5 Å². The molecule has 1 amide bonds. The summed E-state index contributed by atoms with van der Waals surface area (Å²) in [5, 5.41) is 0.739. The molecule has 3 heterocycles. The van der Waals surface area contributed by atoms with E-state index in [1.165, 1.54) is 11.1 Å². The summed E-state index contributed by atoms with van der Waals surface area (Å²) in [5.74, 6) is 1.07. The predicted molar refractivity (Wildman–Crippen MR) is 136 cm³/mol. The Balaban J connectivity index is 1.49. The van der Waals surface area contributed by atoms with Gasteiger partial charge in [0.2, 0.25) is 5.91 Å². The Labute approximate surface area is 208 Å². The second kappa shape index (κ2) is 11.1. The zero-order valence-electron chi connectivity index (χ0n) is 20.7. The lowest BCUT2D eigenvalue weighted by molar-refractivity contribution is -0.137. The molecule has 0 aliphatic carbocycles. The molecule has 0 N–H and O–H groups in total. The van der Waals surface area contributed by atoms with Crippen LogP contribution in [0.2, 0.25) is 5.02 Å². The fourth-order valence-electron chi connectivity index (χ4n) is 5.15. The first-order chi connectivity index (χ1) is 16.3. The quantitative estimate of drug-likeness (QED) is 0.590. The Bertz CT molecular complexity index is 992. The predicted octanol–water partition coefficient (Wildman–Crippen LogP) is 4.18. The van der Waals surface area contributed by atoms with E-state index >= 15 is 0 Å². The highest BCUT2D eigenvalue weighted by Crippen LogP contribution is 2.36. The summed E-state index contributed by atoms with van der Waals surface area (Å²) in [7, 11) is 2.12. The topological polar surface area (TPSA) is 48.9 Å². The number of aryl methyl sites for hydroxylation is 2. The molecule has 1 aromatic heterocycles. The zero-order valence-corrected chi connectivity index (χ0v) is 21.5. The number of piperazine rings is 1. The van der Waals surface area contributed by atoms with E-state index in [9.17, 15) is 4.79 Å². The number of hydrogen-bond donors (Lipinski definition) is 0. The first-order valence-electron chi connectivity index (χ1n) is 12.3. The summed E-state index contributed by atoms with van der Waals surface area (Å²) in [6, 6.07) is 7.99. The molecule has 2 aliphatic heterocycles. The lowest BCUT2D eigenvalue weighted by Crippen LogP contribution is -2.52. The van der Waals surface area contributed by atoms with Gasteiger partial charge in [-0.1, -0.05) is 17.7 Å². The van der Waals surface area contributed by atoms with Gasteiger partial charge in [-0.15, -0.1) is 0 Å². The molecule has 184 valence electrons. The van der Waals surface area contributed by atoms with Gasteiger partial charge in [0.1, 0.15) is 5.75 Å². The summed E-state index contributed by atoms with van der Waals surface area (Å²) in [4.78, 5) is 24.6. The molecule has 7 heteroatoms. The van der Waals surface area contributed by atoms with Crippen LogP contribution in [-0.2, 0) is 11.3 Å². The van der Waals surface area contributed by atoms with Crippen molar-refractivity contribution in [2.75, 3.05) is 52.9 Å². The fourth-order valence-corrected chi connectivity index (χ4v) is 5.27. The molecular formula is C27H37ClN4O2. The van der Waals surface area contributed by atoms with Gasteiger partial charge in [0.25, 0.3) is 0 Å². The molecule has 6 nitrogen and oxygen atoms in total. The minimum Gasteiger partial charge on any atom is -0.493 e. The molecule has 1 atom stereocenters. The summed E-state index contributed by atoms with van der Waals surface area (Å²) in [6.45, 7) is 10.8. The number of hydrogen-bond acceptors (Lipinski definition) is 5. The Morgan fingerprint density at radius 1 is 1.12 bits per heavy atom. The monoisotopic (exact) mass is 484 g/mol. The normalized spacial score (nSPS) is 22.1. The summed E-state index contributed by atoms with van der Waals surface area (Å²) in [6.07, 6.45) is 6.40. The van der Waals surface area contributed by atoms with E-state index in [2.05, 4.69) is 34.8 Å². The second-order valence-corrected chi connectivity index (χ2v) is 10.7. The third-order valence-electron chi connectivity index (χ3n) is 7.13. The molecule has 1 aromatic carbocycles. The van der Waals surface area contributed by atoms with Gasteiger partial charge in [-0.2, -0.15) is 0 Å². The highest BCUT2D eigenvalue weighted by Gasteiger charge is 2.40. The molecule has 2 aliphatic rings. The summed E-state index contributed by atoms with van der Waals surface area (Å²) in [5.41, 5.74) is 3.17. The lowest BCUT2D eigenvalue weighted by Gasteiger charge is -2.43. The van der Waals surface area contributed by atoms with Crippen LogP contribution in [0.15, 0.2) is 36.7 Å². The van der Waals surface area contributed by atoms with Gasteiger partial charge in [0.05, 0.1) is 6.61 Å². The number of pyridine rings is 1. The van der Waals surface area contributed by atoms with Crippen molar-refractivity contribution in [3.05, 3.63) is 58.4 Å². The Hall–Kier alpha value is -2.15. The van der Waals surface area contributed by atoms with E-state index in [0.717, 1.165) is 75.0 Å². The van der Waals surface area contributed by atoms with Crippen molar-refractivity contribution < 1.29 is 9.53 Å². The van der Waals surface area contributed by atoms with E-state index < -0.39 is 0 Å². The number of carbonyl (C=O) groups excluding carboxylic acids is 1. The Kier molecular flexibility index (Phi) is 8.12. The number of amides is 1. The maximum absolute atomic E-state index is 13.4. The van der Waals surface area contributed by atoms with Crippen molar-refractivity contribution in [1.29, 1.82) is 0 Å². The van der Waals surface area contributed by atoms with Crippen LogP contribution < -0.4 is 4.74 Å². The zero-order chi connectivity index (χ0) is 24.1. The first kappa shape index (κ1) is 25.0. The SMILES string of the molecule is Cc1cncc(CN2CCC[C@@](COc3ccc(Cl)c(C)c3)(CC(=O)N3CCN(C)CC3)C2)c1. The lowest BCUT2D eigenvalue weighted by atomic mass is 9.77. The molecular weight excluding hydrogens is 448 g/mol. The van der Waals surface area contributed by atoms with E-state index in [-0.39, 0.29) is 11.3 Å². The van der Waals surface area contributed by atoms with Gasteiger partial charge in [-0.05, 0) is 75.2 Å². The number of likely N-dealkylation sites (tertiary alicyclic amines) is 1. The number of carbonyl (C=O) groups is 1. The third kappa shape index (κ3) is 6.49. The Morgan fingerprint density at radius 3 is 2.65 bits per heavy atom. The van der Waals surface area contributed by atoms with Crippen LogP contribution in [0.3, 0.4) is 0 Å². The van der Waals surface area contributed by atoms with E-state index in [4.69, 9.17) is 16.3 Å². The first-order valence-corrected chi connectivity index (χ1v) is 12.7.